The Morgan fingerprint density at radius 3 is 2.69 bits per heavy atom. The molecule has 90 valence electrons. The highest BCUT2D eigenvalue weighted by Crippen LogP contribution is 2.34. The fourth-order valence-electron chi connectivity index (χ4n) is 2.14. The van der Waals surface area contributed by atoms with Crippen LogP contribution in [-0.2, 0) is 9.59 Å². The molecule has 16 heavy (non-hydrogen) atoms. The molecule has 0 radical (unpaired) electrons. The van der Waals surface area contributed by atoms with E-state index in [4.69, 9.17) is 0 Å². The molecule has 2 aliphatic rings. The van der Waals surface area contributed by atoms with Crippen molar-refractivity contribution in [3.63, 3.8) is 0 Å². The quantitative estimate of drug-likeness (QED) is 0.766. The van der Waals surface area contributed by atoms with Crippen LogP contribution in [0.4, 0.5) is 0 Å². The van der Waals surface area contributed by atoms with Crippen molar-refractivity contribution in [1.29, 1.82) is 0 Å². The normalized spacial score (nSPS) is 27.9. The third-order valence-corrected chi connectivity index (χ3v) is 3.55. The second-order valence-corrected chi connectivity index (χ2v) is 5.11. The van der Waals surface area contributed by atoms with E-state index in [1.807, 2.05) is 0 Å². The monoisotopic (exact) mass is 224 g/mol. The molecule has 0 bridgehead atoms. The lowest BCUT2D eigenvalue weighted by Gasteiger charge is -2.34. The molecule has 2 unspecified atom stereocenters. The summed E-state index contributed by atoms with van der Waals surface area (Å²) in [6.07, 6.45) is 3.20. The van der Waals surface area contributed by atoms with Crippen molar-refractivity contribution in [1.82, 2.24) is 10.2 Å². The lowest BCUT2D eigenvalue weighted by atomic mass is 10.0. The van der Waals surface area contributed by atoms with Crippen LogP contribution in [0.5, 0.6) is 0 Å². The molecule has 4 nitrogen and oxygen atoms in total. The second kappa shape index (κ2) is 4.44. The summed E-state index contributed by atoms with van der Waals surface area (Å²) in [5.41, 5.74) is 0. The third-order valence-electron chi connectivity index (χ3n) is 3.55. The van der Waals surface area contributed by atoms with Gasteiger partial charge in [0.2, 0.25) is 11.8 Å². The van der Waals surface area contributed by atoms with Crippen LogP contribution in [0, 0.1) is 11.8 Å². The van der Waals surface area contributed by atoms with Gasteiger partial charge in [0, 0.05) is 6.54 Å². The van der Waals surface area contributed by atoms with Gasteiger partial charge in [-0.2, -0.15) is 0 Å². The molecule has 4 heteroatoms. The number of amides is 2. The first kappa shape index (κ1) is 11.4. The van der Waals surface area contributed by atoms with E-state index in [-0.39, 0.29) is 24.4 Å². The molecule has 1 aliphatic heterocycles. The second-order valence-electron chi connectivity index (χ2n) is 5.11. The Kier molecular flexibility index (Phi) is 3.17. The molecule has 2 rings (SSSR count). The van der Waals surface area contributed by atoms with Crippen LogP contribution in [0.1, 0.15) is 33.1 Å². The minimum absolute atomic E-state index is 0.000182. The zero-order valence-electron chi connectivity index (χ0n) is 10.0. The Morgan fingerprint density at radius 1 is 1.44 bits per heavy atom. The zero-order chi connectivity index (χ0) is 11.7. The highest BCUT2D eigenvalue weighted by Gasteiger charge is 2.42. The fraction of sp³-hybridized carbons (Fsp3) is 0.833. The summed E-state index contributed by atoms with van der Waals surface area (Å²) < 4.78 is 0. The SMILES string of the molecule is CCC(C)CN1CC(=O)NC(C2CC2)C1=O. The summed E-state index contributed by atoms with van der Waals surface area (Å²) in [6, 6.07) is -0.231. The molecule has 1 saturated heterocycles. The molecule has 0 aromatic carbocycles. The third kappa shape index (κ3) is 2.36. The van der Waals surface area contributed by atoms with E-state index in [0.717, 1.165) is 19.3 Å². The van der Waals surface area contributed by atoms with Crippen molar-refractivity contribution in [2.75, 3.05) is 13.1 Å². The summed E-state index contributed by atoms with van der Waals surface area (Å²) >= 11 is 0. The first-order chi connectivity index (χ1) is 7.61. The summed E-state index contributed by atoms with van der Waals surface area (Å²) in [7, 11) is 0. The van der Waals surface area contributed by atoms with Crippen LogP contribution in [0.3, 0.4) is 0 Å². The zero-order valence-corrected chi connectivity index (χ0v) is 10.0. The number of piperazine rings is 1. The van der Waals surface area contributed by atoms with Crippen LogP contribution in [-0.4, -0.2) is 35.8 Å². The predicted octanol–water partition coefficient (Wildman–Crippen LogP) is 0.769. The fourth-order valence-corrected chi connectivity index (χ4v) is 2.14. The molecular formula is C12H20N2O2. The molecule has 1 heterocycles. The molecule has 1 saturated carbocycles. The summed E-state index contributed by atoms with van der Waals surface area (Å²) in [4.78, 5) is 25.4. The molecule has 0 spiro atoms. The van der Waals surface area contributed by atoms with Gasteiger partial charge in [0.15, 0.2) is 0 Å². The van der Waals surface area contributed by atoms with Gasteiger partial charge in [-0.1, -0.05) is 20.3 Å². The molecule has 2 atom stereocenters. The minimum atomic E-state index is -0.231. The molecule has 1 aliphatic carbocycles. The van der Waals surface area contributed by atoms with E-state index in [9.17, 15) is 9.59 Å². The topological polar surface area (TPSA) is 49.4 Å². The number of carbonyl (C=O) groups excluding carboxylic acids is 2. The maximum Gasteiger partial charge on any atom is 0.245 e. The van der Waals surface area contributed by atoms with Crippen LogP contribution in [0.25, 0.3) is 0 Å². The minimum Gasteiger partial charge on any atom is -0.342 e. The van der Waals surface area contributed by atoms with E-state index in [2.05, 4.69) is 19.2 Å². The van der Waals surface area contributed by atoms with Crippen molar-refractivity contribution >= 4 is 11.8 Å². The largest absolute Gasteiger partial charge is 0.342 e. The first-order valence-corrected chi connectivity index (χ1v) is 6.20. The average Bonchev–Trinajstić information content (AvgIpc) is 3.06. The highest BCUT2D eigenvalue weighted by molar-refractivity contribution is 5.95. The number of carbonyl (C=O) groups is 2. The van der Waals surface area contributed by atoms with Crippen LogP contribution < -0.4 is 5.32 Å². The van der Waals surface area contributed by atoms with Crippen molar-refractivity contribution in [3.8, 4) is 0 Å². The maximum absolute atomic E-state index is 12.1. The average molecular weight is 224 g/mol. The molecule has 0 aromatic rings. The van der Waals surface area contributed by atoms with Gasteiger partial charge >= 0.3 is 0 Å². The number of nitrogens with zero attached hydrogens (tertiary/aromatic N) is 1. The number of hydrogen-bond acceptors (Lipinski definition) is 2. The van der Waals surface area contributed by atoms with Gasteiger partial charge in [-0.05, 0) is 24.7 Å². The van der Waals surface area contributed by atoms with E-state index in [1.165, 1.54) is 0 Å². The Hall–Kier alpha value is -1.06. The Labute approximate surface area is 96.4 Å². The van der Waals surface area contributed by atoms with E-state index < -0.39 is 0 Å². The number of rotatable bonds is 4. The predicted molar refractivity (Wildman–Crippen MR) is 60.7 cm³/mol. The maximum atomic E-state index is 12.1. The molecular weight excluding hydrogens is 204 g/mol. The lowest BCUT2D eigenvalue weighted by Crippen LogP contribution is -2.59. The van der Waals surface area contributed by atoms with Gasteiger partial charge < -0.3 is 10.2 Å². The van der Waals surface area contributed by atoms with Gasteiger partial charge in [-0.15, -0.1) is 0 Å². The molecule has 2 fully saturated rings. The van der Waals surface area contributed by atoms with E-state index in [1.54, 1.807) is 4.90 Å². The van der Waals surface area contributed by atoms with Crippen LogP contribution in [0.2, 0.25) is 0 Å². The number of hydrogen-bond donors (Lipinski definition) is 1. The summed E-state index contributed by atoms with van der Waals surface area (Å²) in [5, 5.41) is 2.82. The summed E-state index contributed by atoms with van der Waals surface area (Å²) in [5.74, 6) is 0.994. The molecule has 1 N–H and O–H groups in total. The molecule has 2 amide bonds. The van der Waals surface area contributed by atoms with Gasteiger partial charge in [0.1, 0.15) is 6.04 Å². The van der Waals surface area contributed by atoms with Gasteiger partial charge in [-0.3, -0.25) is 9.59 Å². The van der Waals surface area contributed by atoms with Crippen molar-refractivity contribution in [2.24, 2.45) is 11.8 Å². The van der Waals surface area contributed by atoms with E-state index in [0.29, 0.717) is 18.4 Å². The van der Waals surface area contributed by atoms with Crippen molar-refractivity contribution in [2.45, 2.75) is 39.2 Å². The lowest BCUT2D eigenvalue weighted by molar-refractivity contribution is -0.145. The Morgan fingerprint density at radius 2 is 2.12 bits per heavy atom. The van der Waals surface area contributed by atoms with Crippen molar-refractivity contribution < 1.29 is 9.59 Å². The standard InChI is InChI=1S/C12H20N2O2/c1-3-8(2)6-14-7-10(15)13-11(12(14)16)9-4-5-9/h8-9,11H,3-7H2,1-2H3,(H,13,15). The van der Waals surface area contributed by atoms with Gasteiger partial charge in [0.25, 0.3) is 0 Å². The summed E-state index contributed by atoms with van der Waals surface area (Å²) in [6.45, 7) is 5.18. The molecule has 0 aromatic heterocycles. The highest BCUT2D eigenvalue weighted by atomic mass is 16.2. The van der Waals surface area contributed by atoms with Gasteiger partial charge in [-0.25, -0.2) is 0 Å². The van der Waals surface area contributed by atoms with Crippen molar-refractivity contribution in [3.05, 3.63) is 0 Å². The van der Waals surface area contributed by atoms with E-state index >= 15 is 0 Å². The Bertz CT molecular complexity index is 299. The first-order valence-electron chi connectivity index (χ1n) is 6.20. The Balaban J connectivity index is 2.00. The van der Waals surface area contributed by atoms with Crippen LogP contribution >= 0.6 is 0 Å². The number of nitrogens with one attached hydrogen (secondary N) is 1. The smallest absolute Gasteiger partial charge is 0.245 e. The van der Waals surface area contributed by atoms with Crippen LogP contribution in [0.15, 0.2) is 0 Å². The van der Waals surface area contributed by atoms with Gasteiger partial charge in [0.05, 0.1) is 6.54 Å².